The molecule has 0 spiro atoms. The van der Waals surface area contributed by atoms with Gasteiger partial charge in [0.25, 0.3) is 5.91 Å². The first-order chi connectivity index (χ1) is 9.54. The minimum Gasteiger partial charge on any atom is -0.484 e. The van der Waals surface area contributed by atoms with Crippen molar-refractivity contribution in [2.45, 2.75) is 0 Å². The topological polar surface area (TPSA) is 64.3 Å². The summed E-state index contributed by atoms with van der Waals surface area (Å²) < 4.78 is 6.26. The summed E-state index contributed by atoms with van der Waals surface area (Å²) in [5.74, 6) is 0.314. The molecule has 6 heteroatoms. The largest absolute Gasteiger partial charge is 0.484 e. The number of hydrogen-bond acceptors (Lipinski definition) is 3. The van der Waals surface area contributed by atoms with Crippen LogP contribution in [-0.4, -0.2) is 12.5 Å². The predicted octanol–water partition coefficient (Wildman–Crippen LogP) is 3.70. The second-order valence-corrected chi connectivity index (χ2v) is 5.36. The molecule has 2 rings (SSSR count). The number of nitrogens with two attached hydrogens (primary N) is 1. The summed E-state index contributed by atoms with van der Waals surface area (Å²) in [6, 6.07) is 12.1. The van der Waals surface area contributed by atoms with Crippen LogP contribution in [0.5, 0.6) is 5.75 Å². The molecule has 2 aromatic carbocycles. The van der Waals surface area contributed by atoms with E-state index in [1.54, 1.807) is 30.3 Å². The molecular formula is C14H12BrClN2O2. The Kier molecular flexibility index (Phi) is 4.87. The zero-order valence-corrected chi connectivity index (χ0v) is 12.7. The van der Waals surface area contributed by atoms with Crippen LogP contribution in [0.3, 0.4) is 0 Å². The average Bonchev–Trinajstić information content (AvgIpc) is 2.40. The first kappa shape index (κ1) is 14.7. The standard InChI is InChI=1S/C14H12BrClN2O2/c15-9-2-1-3-11(6-9)20-8-14(19)18-13-5-4-10(17)7-12(13)16/h1-7H,8,17H2,(H,18,19). The number of anilines is 2. The molecule has 2 aromatic rings. The molecule has 0 aromatic heterocycles. The molecule has 20 heavy (non-hydrogen) atoms. The number of hydrogen-bond donors (Lipinski definition) is 2. The van der Waals surface area contributed by atoms with E-state index in [0.717, 1.165) is 4.47 Å². The smallest absolute Gasteiger partial charge is 0.262 e. The van der Waals surface area contributed by atoms with Crippen molar-refractivity contribution < 1.29 is 9.53 Å². The van der Waals surface area contributed by atoms with E-state index in [4.69, 9.17) is 22.1 Å². The summed E-state index contributed by atoms with van der Waals surface area (Å²) in [6.07, 6.45) is 0. The average molecular weight is 356 g/mol. The Morgan fingerprint density at radius 2 is 2.10 bits per heavy atom. The van der Waals surface area contributed by atoms with E-state index < -0.39 is 0 Å². The van der Waals surface area contributed by atoms with E-state index in [1.165, 1.54) is 0 Å². The lowest BCUT2D eigenvalue weighted by molar-refractivity contribution is -0.118. The summed E-state index contributed by atoms with van der Waals surface area (Å²) >= 11 is 9.30. The fourth-order valence-electron chi connectivity index (χ4n) is 1.52. The Balaban J connectivity index is 1.92. The fraction of sp³-hybridized carbons (Fsp3) is 0.0714. The van der Waals surface area contributed by atoms with Gasteiger partial charge < -0.3 is 15.8 Å². The van der Waals surface area contributed by atoms with Crippen LogP contribution in [0.2, 0.25) is 5.02 Å². The molecule has 0 heterocycles. The van der Waals surface area contributed by atoms with Gasteiger partial charge in [-0.25, -0.2) is 0 Å². The van der Waals surface area contributed by atoms with E-state index in [9.17, 15) is 4.79 Å². The van der Waals surface area contributed by atoms with Crippen LogP contribution in [0.15, 0.2) is 46.9 Å². The van der Waals surface area contributed by atoms with Crippen LogP contribution in [-0.2, 0) is 4.79 Å². The van der Waals surface area contributed by atoms with E-state index in [1.807, 2.05) is 12.1 Å². The van der Waals surface area contributed by atoms with Crippen LogP contribution >= 0.6 is 27.5 Å². The number of carbonyl (C=O) groups excluding carboxylic acids is 1. The molecule has 0 aliphatic rings. The van der Waals surface area contributed by atoms with Gasteiger partial charge in [-0.2, -0.15) is 0 Å². The summed E-state index contributed by atoms with van der Waals surface area (Å²) in [5, 5.41) is 3.05. The molecular weight excluding hydrogens is 344 g/mol. The van der Waals surface area contributed by atoms with Crippen LogP contribution < -0.4 is 15.8 Å². The summed E-state index contributed by atoms with van der Waals surface area (Å²) in [6.45, 7) is -0.100. The number of ether oxygens (including phenoxy) is 1. The highest BCUT2D eigenvalue weighted by molar-refractivity contribution is 9.10. The van der Waals surface area contributed by atoms with Crippen molar-refractivity contribution >= 4 is 44.8 Å². The second-order valence-electron chi connectivity index (χ2n) is 4.03. The van der Waals surface area contributed by atoms with Crippen LogP contribution in [0.25, 0.3) is 0 Å². The molecule has 0 fully saturated rings. The molecule has 0 saturated heterocycles. The Hall–Kier alpha value is -1.72. The van der Waals surface area contributed by atoms with Gasteiger partial charge in [0, 0.05) is 10.2 Å². The van der Waals surface area contributed by atoms with Crippen molar-refractivity contribution in [1.29, 1.82) is 0 Å². The van der Waals surface area contributed by atoms with Crippen molar-refractivity contribution in [1.82, 2.24) is 0 Å². The van der Waals surface area contributed by atoms with Gasteiger partial charge in [0.15, 0.2) is 6.61 Å². The molecule has 0 bridgehead atoms. The van der Waals surface area contributed by atoms with Crippen molar-refractivity contribution in [2.24, 2.45) is 0 Å². The van der Waals surface area contributed by atoms with Gasteiger partial charge in [-0.15, -0.1) is 0 Å². The molecule has 3 N–H and O–H groups in total. The van der Waals surface area contributed by atoms with Crippen molar-refractivity contribution in [2.75, 3.05) is 17.7 Å². The number of carbonyl (C=O) groups is 1. The van der Waals surface area contributed by atoms with Gasteiger partial charge in [0.2, 0.25) is 0 Å². The number of halogens is 2. The van der Waals surface area contributed by atoms with Crippen molar-refractivity contribution in [3.05, 3.63) is 52.0 Å². The van der Waals surface area contributed by atoms with Gasteiger partial charge in [-0.1, -0.05) is 33.6 Å². The first-order valence-electron chi connectivity index (χ1n) is 5.78. The molecule has 4 nitrogen and oxygen atoms in total. The lowest BCUT2D eigenvalue weighted by atomic mass is 10.3. The minimum atomic E-state index is -0.295. The maximum atomic E-state index is 11.8. The predicted molar refractivity (Wildman–Crippen MR) is 84.1 cm³/mol. The van der Waals surface area contributed by atoms with Gasteiger partial charge >= 0.3 is 0 Å². The first-order valence-corrected chi connectivity index (χ1v) is 6.95. The maximum absolute atomic E-state index is 11.8. The zero-order valence-electron chi connectivity index (χ0n) is 10.4. The molecule has 0 radical (unpaired) electrons. The molecule has 0 aliphatic heterocycles. The lowest BCUT2D eigenvalue weighted by Crippen LogP contribution is -2.20. The number of rotatable bonds is 4. The lowest BCUT2D eigenvalue weighted by Gasteiger charge is -2.09. The fourth-order valence-corrected chi connectivity index (χ4v) is 2.14. The monoisotopic (exact) mass is 354 g/mol. The van der Waals surface area contributed by atoms with Gasteiger partial charge in [0.1, 0.15) is 5.75 Å². The molecule has 104 valence electrons. The van der Waals surface area contributed by atoms with E-state index in [2.05, 4.69) is 21.2 Å². The molecule has 0 saturated carbocycles. The highest BCUT2D eigenvalue weighted by Crippen LogP contribution is 2.24. The normalized spacial score (nSPS) is 10.1. The van der Waals surface area contributed by atoms with Gasteiger partial charge in [-0.3, -0.25) is 4.79 Å². The minimum absolute atomic E-state index is 0.100. The second kappa shape index (κ2) is 6.63. The third kappa shape index (κ3) is 4.15. The summed E-state index contributed by atoms with van der Waals surface area (Å²) in [4.78, 5) is 11.8. The maximum Gasteiger partial charge on any atom is 0.262 e. The Bertz CT molecular complexity index is 634. The Labute approximate surface area is 130 Å². The van der Waals surface area contributed by atoms with Gasteiger partial charge in [-0.05, 0) is 36.4 Å². The third-order valence-corrected chi connectivity index (χ3v) is 3.24. The number of nitrogens with one attached hydrogen (secondary N) is 1. The SMILES string of the molecule is Nc1ccc(NC(=O)COc2cccc(Br)c2)c(Cl)c1. The summed E-state index contributed by atoms with van der Waals surface area (Å²) in [7, 11) is 0. The number of nitrogen functional groups attached to an aromatic ring is 1. The van der Waals surface area contributed by atoms with Gasteiger partial charge in [0.05, 0.1) is 10.7 Å². The number of benzene rings is 2. The Morgan fingerprint density at radius 1 is 1.30 bits per heavy atom. The molecule has 1 amide bonds. The van der Waals surface area contributed by atoms with E-state index >= 15 is 0 Å². The highest BCUT2D eigenvalue weighted by atomic mass is 79.9. The number of amides is 1. The van der Waals surface area contributed by atoms with Crippen LogP contribution in [0.1, 0.15) is 0 Å². The molecule has 0 unspecified atom stereocenters. The Morgan fingerprint density at radius 3 is 2.80 bits per heavy atom. The quantitative estimate of drug-likeness (QED) is 0.822. The van der Waals surface area contributed by atoms with Crippen molar-refractivity contribution in [3.63, 3.8) is 0 Å². The third-order valence-electron chi connectivity index (χ3n) is 2.43. The molecule has 0 aliphatic carbocycles. The van der Waals surface area contributed by atoms with Crippen molar-refractivity contribution in [3.8, 4) is 5.75 Å². The highest BCUT2D eigenvalue weighted by Gasteiger charge is 2.07. The van der Waals surface area contributed by atoms with E-state index in [-0.39, 0.29) is 12.5 Å². The van der Waals surface area contributed by atoms with E-state index in [0.29, 0.717) is 22.1 Å². The van der Waals surface area contributed by atoms with Crippen LogP contribution in [0.4, 0.5) is 11.4 Å². The van der Waals surface area contributed by atoms with Crippen LogP contribution in [0, 0.1) is 0 Å². The summed E-state index contributed by atoms with van der Waals surface area (Å²) in [5.41, 5.74) is 6.62. The zero-order chi connectivity index (χ0) is 14.5. The molecule has 0 atom stereocenters.